The molecule has 25 heavy (non-hydrogen) atoms. The highest BCUT2D eigenvalue weighted by Crippen LogP contribution is 2.24. The van der Waals surface area contributed by atoms with Crippen LogP contribution in [0.5, 0.6) is 5.75 Å². The van der Waals surface area contributed by atoms with Crippen LogP contribution in [-0.4, -0.2) is 36.7 Å². The van der Waals surface area contributed by atoms with Crippen LogP contribution in [0.1, 0.15) is 25.3 Å². The monoisotopic (exact) mass is 489 g/mol. The van der Waals surface area contributed by atoms with Crippen molar-refractivity contribution in [2.24, 2.45) is 4.99 Å². The number of hydrogen-bond donors (Lipinski definition) is 2. The van der Waals surface area contributed by atoms with E-state index in [1.54, 1.807) is 0 Å². The first-order valence-corrected chi connectivity index (χ1v) is 9.10. The van der Waals surface area contributed by atoms with Crippen LogP contribution in [0, 0.1) is 5.82 Å². The number of rotatable bonds is 6. The number of ether oxygens (including phenoxy) is 1. The molecule has 4 nitrogen and oxygen atoms in total. The van der Waals surface area contributed by atoms with Gasteiger partial charge in [0.15, 0.2) is 5.96 Å². The van der Waals surface area contributed by atoms with E-state index in [0.717, 1.165) is 24.3 Å². The van der Waals surface area contributed by atoms with Crippen LogP contribution in [0.15, 0.2) is 23.2 Å². The maximum atomic E-state index is 14.0. The summed E-state index contributed by atoms with van der Waals surface area (Å²) in [6.45, 7) is -0.491. The van der Waals surface area contributed by atoms with Crippen LogP contribution < -0.4 is 15.4 Å². The Hall–Kier alpha value is -0.840. The van der Waals surface area contributed by atoms with E-state index >= 15 is 0 Å². The van der Waals surface area contributed by atoms with Gasteiger partial charge in [-0.05, 0) is 37.7 Å². The first kappa shape index (κ1) is 22.2. The lowest BCUT2D eigenvalue weighted by Gasteiger charge is -2.24. The van der Waals surface area contributed by atoms with Crippen LogP contribution in [0.4, 0.5) is 13.2 Å². The lowest BCUT2D eigenvalue weighted by molar-refractivity contribution is -0.0506. The number of benzene rings is 1. The lowest BCUT2D eigenvalue weighted by Crippen LogP contribution is -2.45. The molecule has 0 bridgehead atoms. The van der Waals surface area contributed by atoms with E-state index in [4.69, 9.17) is 0 Å². The van der Waals surface area contributed by atoms with Crippen molar-refractivity contribution in [2.45, 2.75) is 39.0 Å². The molecule has 1 aromatic carbocycles. The van der Waals surface area contributed by atoms with E-state index in [1.165, 1.54) is 18.2 Å². The van der Waals surface area contributed by atoms with Crippen molar-refractivity contribution in [3.8, 4) is 5.75 Å². The molecule has 142 valence electrons. The predicted molar refractivity (Wildman–Crippen MR) is 107 cm³/mol. The number of aliphatic imine (C=N–C) groups is 1. The highest BCUT2D eigenvalue weighted by atomic mass is 127. The minimum Gasteiger partial charge on any atom is -0.434 e. The first-order chi connectivity index (χ1) is 11.6. The summed E-state index contributed by atoms with van der Waals surface area (Å²) in [7, 11) is 0. The van der Waals surface area contributed by atoms with Crippen LogP contribution in [0.25, 0.3) is 0 Å². The van der Waals surface area contributed by atoms with Crippen molar-refractivity contribution < 1.29 is 17.9 Å². The molecule has 2 N–H and O–H groups in total. The Bertz CT molecular complexity index is 557. The van der Waals surface area contributed by atoms with Gasteiger partial charge in [0, 0.05) is 18.3 Å². The van der Waals surface area contributed by atoms with Crippen LogP contribution in [-0.2, 0) is 6.54 Å². The second-order valence-corrected chi connectivity index (χ2v) is 6.50. The second-order valence-electron chi connectivity index (χ2n) is 5.35. The molecule has 0 amide bonds. The molecule has 0 saturated carbocycles. The van der Waals surface area contributed by atoms with Crippen molar-refractivity contribution in [3.05, 3.63) is 29.6 Å². The van der Waals surface area contributed by atoms with E-state index in [2.05, 4.69) is 20.4 Å². The van der Waals surface area contributed by atoms with Crippen LogP contribution in [0.3, 0.4) is 0 Å². The van der Waals surface area contributed by atoms with Crippen molar-refractivity contribution in [1.82, 2.24) is 10.6 Å². The summed E-state index contributed by atoms with van der Waals surface area (Å²) in [5.74, 6) is 1.91. The van der Waals surface area contributed by atoms with Gasteiger partial charge < -0.3 is 15.4 Å². The minimum atomic E-state index is -3.00. The predicted octanol–water partition coefficient (Wildman–Crippen LogP) is 4.00. The van der Waals surface area contributed by atoms with Gasteiger partial charge in [-0.1, -0.05) is 6.07 Å². The van der Waals surface area contributed by atoms with Gasteiger partial charge in [0.05, 0.1) is 12.1 Å². The van der Waals surface area contributed by atoms with Gasteiger partial charge in [-0.3, -0.25) is 0 Å². The molecule has 0 radical (unpaired) electrons. The van der Waals surface area contributed by atoms with E-state index in [0.29, 0.717) is 18.5 Å². The summed E-state index contributed by atoms with van der Waals surface area (Å²) in [5.41, 5.74) is 0.0213. The number of alkyl halides is 2. The third kappa shape index (κ3) is 7.51. The second kappa shape index (κ2) is 11.7. The summed E-state index contributed by atoms with van der Waals surface area (Å²) in [4.78, 5) is 4.33. The van der Waals surface area contributed by atoms with Gasteiger partial charge in [0.1, 0.15) is 11.6 Å². The van der Waals surface area contributed by atoms with Crippen LogP contribution >= 0.6 is 35.7 Å². The van der Waals surface area contributed by atoms with Crippen molar-refractivity contribution in [3.63, 3.8) is 0 Å². The Balaban J connectivity index is 0.00000312. The highest BCUT2D eigenvalue weighted by Gasteiger charge is 2.16. The van der Waals surface area contributed by atoms with Crippen molar-refractivity contribution >= 4 is 41.7 Å². The number of halogens is 4. The number of nitrogens with one attached hydrogen (secondary N) is 2. The number of guanidine groups is 1. The van der Waals surface area contributed by atoms with Crippen molar-refractivity contribution in [2.75, 3.05) is 18.1 Å². The van der Waals surface area contributed by atoms with E-state index < -0.39 is 12.4 Å². The fourth-order valence-electron chi connectivity index (χ4n) is 2.42. The molecule has 1 unspecified atom stereocenters. The Kier molecular flexibility index (Phi) is 10.4. The summed E-state index contributed by atoms with van der Waals surface area (Å²) in [5, 5.41) is 6.41. The number of thioether (sulfide) groups is 1. The summed E-state index contributed by atoms with van der Waals surface area (Å²) >= 11 is 1.88. The topological polar surface area (TPSA) is 45.7 Å². The molecular weight excluding hydrogens is 466 g/mol. The molecule has 9 heteroatoms. The molecule has 1 aliphatic rings. The molecular formula is C16H23F3IN3OS. The molecule has 1 aromatic rings. The average Bonchev–Trinajstić information content (AvgIpc) is 2.55. The zero-order chi connectivity index (χ0) is 17.4. The third-order valence-corrected chi connectivity index (χ3v) is 4.75. The van der Waals surface area contributed by atoms with Crippen molar-refractivity contribution in [1.29, 1.82) is 0 Å². The first-order valence-electron chi connectivity index (χ1n) is 7.95. The Morgan fingerprint density at radius 3 is 2.88 bits per heavy atom. The molecule has 1 saturated heterocycles. The Morgan fingerprint density at radius 2 is 2.24 bits per heavy atom. The summed E-state index contributed by atoms with van der Waals surface area (Å²) in [6.07, 6.45) is 2.19. The highest BCUT2D eigenvalue weighted by molar-refractivity contribution is 14.0. The fourth-order valence-corrected chi connectivity index (χ4v) is 3.50. The average molecular weight is 489 g/mol. The zero-order valence-electron chi connectivity index (χ0n) is 13.9. The van der Waals surface area contributed by atoms with Gasteiger partial charge in [-0.25, -0.2) is 9.38 Å². The van der Waals surface area contributed by atoms with E-state index in [1.807, 2.05) is 18.7 Å². The van der Waals surface area contributed by atoms with Gasteiger partial charge in [0.2, 0.25) is 0 Å². The largest absolute Gasteiger partial charge is 0.434 e. The molecule has 0 spiro atoms. The Labute approximate surface area is 167 Å². The zero-order valence-corrected chi connectivity index (χ0v) is 17.1. The minimum absolute atomic E-state index is 0. The van der Waals surface area contributed by atoms with E-state index in [9.17, 15) is 13.2 Å². The summed E-state index contributed by atoms with van der Waals surface area (Å²) < 4.78 is 43.2. The van der Waals surface area contributed by atoms with Gasteiger partial charge in [-0.2, -0.15) is 20.5 Å². The van der Waals surface area contributed by atoms with Gasteiger partial charge in [-0.15, -0.1) is 24.0 Å². The standard InChI is InChI=1S/C16H22F3N3OS.HI/c1-2-20-16(22-11-5-4-8-24-10-11)21-9-12-13(17)6-3-7-14(12)23-15(18)19;/h3,6-7,11,15H,2,4-5,8-10H2,1H3,(H2,20,21,22);1H. The quantitative estimate of drug-likeness (QED) is 0.361. The third-order valence-electron chi connectivity index (χ3n) is 3.53. The molecule has 1 aliphatic heterocycles. The number of hydrogen-bond acceptors (Lipinski definition) is 3. The van der Waals surface area contributed by atoms with Crippen LogP contribution in [0.2, 0.25) is 0 Å². The Morgan fingerprint density at radius 1 is 1.44 bits per heavy atom. The summed E-state index contributed by atoms with van der Waals surface area (Å²) in [6, 6.07) is 4.17. The number of nitrogens with zero attached hydrogens (tertiary/aromatic N) is 1. The SMILES string of the molecule is CCNC(=NCc1c(F)cccc1OC(F)F)NC1CCCSC1.I. The molecule has 1 fully saturated rings. The molecule has 1 atom stereocenters. The molecule has 0 aromatic heterocycles. The maximum Gasteiger partial charge on any atom is 0.387 e. The smallest absolute Gasteiger partial charge is 0.387 e. The van der Waals surface area contributed by atoms with Gasteiger partial charge >= 0.3 is 6.61 Å². The fraction of sp³-hybridized carbons (Fsp3) is 0.562. The maximum absolute atomic E-state index is 14.0. The lowest BCUT2D eigenvalue weighted by atomic mass is 10.2. The molecule has 1 heterocycles. The molecule has 0 aliphatic carbocycles. The van der Waals surface area contributed by atoms with Gasteiger partial charge in [0.25, 0.3) is 0 Å². The normalized spacial score (nSPS) is 17.8. The molecule has 2 rings (SSSR count). The van der Waals surface area contributed by atoms with E-state index in [-0.39, 0.29) is 41.8 Å².